The Morgan fingerprint density at radius 1 is 1.25 bits per heavy atom. The minimum absolute atomic E-state index is 0.0394. The Bertz CT molecular complexity index is 1040. The third kappa shape index (κ3) is 4.02. The highest BCUT2D eigenvalue weighted by molar-refractivity contribution is 7.93. The van der Waals surface area contributed by atoms with Gasteiger partial charge in [-0.15, -0.1) is 0 Å². The molecule has 0 amide bonds. The van der Waals surface area contributed by atoms with Gasteiger partial charge in [0, 0.05) is 17.0 Å². The summed E-state index contributed by atoms with van der Waals surface area (Å²) in [6, 6.07) is 3.86. The van der Waals surface area contributed by atoms with Gasteiger partial charge in [-0.1, -0.05) is 17.7 Å². The van der Waals surface area contributed by atoms with Crippen molar-refractivity contribution < 1.29 is 18.3 Å². The van der Waals surface area contributed by atoms with E-state index in [4.69, 9.17) is 34.5 Å². The number of rotatable bonds is 8. The van der Waals surface area contributed by atoms with Crippen LogP contribution in [0.5, 0.6) is 0 Å². The minimum atomic E-state index is -4.47. The van der Waals surface area contributed by atoms with E-state index in [2.05, 4.69) is 9.98 Å². The Morgan fingerprint density at radius 3 is 2.50 bits per heavy atom. The summed E-state index contributed by atoms with van der Waals surface area (Å²) in [5, 5.41) is 10.5. The number of pyridine rings is 1. The fourth-order valence-corrected chi connectivity index (χ4v) is 4.45. The Morgan fingerprint density at radius 2 is 1.93 bits per heavy atom. The lowest BCUT2D eigenvalue weighted by Gasteiger charge is -2.25. The van der Waals surface area contributed by atoms with Gasteiger partial charge in [0.25, 0.3) is 0 Å². The van der Waals surface area contributed by atoms with Crippen molar-refractivity contribution >= 4 is 50.0 Å². The summed E-state index contributed by atoms with van der Waals surface area (Å²) < 4.78 is 26.2. The summed E-state index contributed by atoms with van der Waals surface area (Å²) in [5.41, 5.74) is 22.0. The lowest BCUT2D eigenvalue weighted by atomic mass is 10.1. The van der Waals surface area contributed by atoms with E-state index in [1.165, 1.54) is 24.4 Å². The molecule has 0 unspecified atom stereocenters. The Kier molecular flexibility index (Phi) is 6.44. The minimum Gasteiger partial charge on any atom is -0.479 e. The maximum atomic E-state index is 13.1. The van der Waals surface area contributed by atoms with Crippen LogP contribution < -0.4 is 22.9 Å². The maximum Gasteiger partial charge on any atom is 0.339 e. The number of carboxylic acid groups (broad SMARTS) is 1. The molecule has 0 spiro atoms. The second kappa shape index (κ2) is 8.27. The molecule has 0 fully saturated rings. The summed E-state index contributed by atoms with van der Waals surface area (Å²) in [4.78, 5) is 16.8. The quantitative estimate of drug-likeness (QED) is 0.224. The van der Waals surface area contributed by atoms with Gasteiger partial charge in [-0.05, 0) is 37.9 Å². The number of aliphatic imine (C=N–C) groups is 1. The van der Waals surface area contributed by atoms with Crippen LogP contribution in [0.3, 0.4) is 0 Å². The van der Waals surface area contributed by atoms with E-state index in [0.29, 0.717) is 11.8 Å². The molecule has 0 bridgehead atoms. The van der Waals surface area contributed by atoms with Gasteiger partial charge in [0.2, 0.25) is 14.7 Å². The van der Waals surface area contributed by atoms with Crippen LogP contribution in [-0.2, 0) is 14.6 Å². The van der Waals surface area contributed by atoms with Gasteiger partial charge in [0.05, 0.1) is 9.92 Å². The molecule has 1 aromatic heterocycles. The highest BCUT2D eigenvalue weighted by Gasteiger charge is 2.48. The SMILES string of the molecule is NCCCC[C@@](N)(C(=O)O)S(=O)(=O)c1ccc2c(Cl)cnc(N=C(N)N)c2c1. The fraction of sp³-hybridized carbons (Fsp3) is 0.312. The average molecular weight is 429 g/mol. The van der Waals surface area contributed by atoms with Crippen molar-refractivity contribution in [2.45, 2.75) is 29.0 Å². The number of nitrogens with two attached hydrogens (primary N) is 4. The van der Waals surface area contributed by atoms with Crippen molar-refractivity contribution in [3.05, 3.63) is 29.4 Å². The van der Waals surface area contributed by atoms with Crippen LogP contribution in [0, 0.1) is 0 Å². The maximum absolute atomic E-state index is 13.1. The molecule has 0 aliphatic rings. The van der Waals surface area contributed by atoms with Crippen LogP contribution in [0.2, 0.25) is 5.02 Å². The molecule has 0 saturated heterocycles. The van der Waals surface area contributed by atoms with Crippen molar-refractivity contribution in [1.82, 2.24) is 4.98 Å². The third-order valence-electron chi connectivity index (χ3n) is 4.18. The van der Waals surface area contributed by atoms with Gasteiger partial charge < -0.3 is 28.0 Å². The van der Waals surface area contributed by atoms with E-state index in [-0.39, 0.29) is 46.5 Å². The van der Waals surface area contributed by atoms with Crippen LogP contribution in [0.1, 0.15) is 19.3 Å². The number of fused-ring (bicyclic) bond motifs is 1. The van der Waals surface area contributed by atoms with E-state index >= 15 is 0 Å². The highest BCUT2D eigenvalue weighted by Crippen LogP contribution is 2.34. The second-order valence-electron chi connectivity index (χ2n) is 6.12. The van der Waals surface area contributed by atoms with Gasteiger partial charge in [-0.25, -0.2) is 18.2 Å². The van der Waals surface area contributed by atoms with Crippen molar-refractivity contribution in [3.63, 3.8) is 0 Å². The average Bonchev–Trinajstić information content (AvgIpc) is 2.63. The van der Waals surface area contributed by atoms with Crippen molar-refractivity contribution in [3.8, 4) is 0 Å². The first-order chi connectivity index (χ1) is 13.0. The van der Waals surface area contributed by atoms with E-state index in [1.807, 2.05) is 0 Å². The second-order valence-corrected chi connectivity index (χ2v) is 8.73. The normalized spacial score (nSPS) is 13.8. The van der Waals surface area contributed by atoms with Gasteiger partial charge >= 0.3 is 5.97 Å². The molecule has 2 aromatic rings. The zero-order valence-electron chi connectivity index (χ0n) is 14.8. The smallest absolute Gasteiger partial charge is 0.339 e. The summed E-state index contributed by atoms with van der Waals surface area (Å²) in [5.74, 6) is -1.90. The molecule has 1 aromatic carbocycles. The molecule has 152 valence electrons. The Balaban J connectivity index is 2.68. The summed E-state index contributed by atoms with van der Waals surface area (Å²) in [7, 11) is -4.47. The van der Waals surface area contributed by atoms with Gasteiger partial charge in [0.15, 0.2) is 11.8 Å². The number of hydrogen-bond donors (Lipinski definition) is 5. The number of benzene rings is 1. The molecule has 12 heteroatoms. The lowest BCUT2D eigenvalue weighted by molar-refractivity contribution is -0.140. The number of nitrogens with zero attached hydrogens (tertiary/aromatic N) is 2. The van der Waals surface area contributed by atoms with Crippen LogP contribution in [-0.4, -0.2) is 41.9 Å². The fourth-order valence-electron chi connectivity index (χ4n) is 2.65. The number of unbranched alkanes of at least 4 members (excludes halogenated alkanes) is 1. The largest absolute Gasteiger partial charge is 0.479 e. The van der Waals surface area contributed by atoms with E-state index < -0.39 is 20.7 Å². The third-order valence-corrected chi connectivity index (χ3v) is 6.69. The molecule has 10 nitrogen and oxygen atoms in total. The van der Waals surface area contributed by atoms with E-state index in [1.54, 1.807) is 0 Å². The number of guanidine groups is 1. The number of halogens is 1. The zero-order valence-corrected chi connectivity index (χ0v) is 16.4. The number of sulfone groups is 1. The summed E-state index contributed by atoms with van der Waals surface area (Å²) >= 11 is 6.10. The number of aromatic nitrogens is 1. The molecule has 9 N–H and O–H groups in total. The van der Waals surface area contributed by atoms with Crippen LogP contribution in [0.15, 0.2) is 34.3 Å². The lowest BCUT2D eigenvalue weighted by Crippen LogP contribution is -2.54. The molecular weight excluding hydrogens is 408 g/mol. The predicted octanol–water partition coefficient (Wildman–Crippen LogP) is 0.435. The van der Waals surface area contributed by atoms with Gasteiger partial charge in [-0.2, -0.15) is 4.99 Å². The first-order valence-corrected chi connectivity index (χ1v) is 10.1. The Labute approximate surface area is 166 Å². The molecule has 0 radical (unpaired) electrons. The van der Waals surface area contributed by atoms with Crippen molar-refractivity contribution in [2.75, 3.05) is 6.54 Å². The van der Waals surface area contributed by atoms with Crippen molar-refractivity contribution in [1.29, 1.82) is 0 Å². The first-order valence-electron chi connectivity index (χ1n) is 8.19. The number of carboxylic acids is 1. The molecule has 0 aliphatic heterocycles. The first kappa shape index (κ1) is 21.8. The number of hydrogen-bond acceptors (Lipinski definition) is 7. The van der Waals surface area contributed by atoms with E-state index in [9.17, 15) is 18.3 Å². The summed E-state index contributed by atoms with van der Waals surface area (Å²) in [6.45, 7) is 0.289. The Hall–Kier alpha value is -2.47. The molecule has 2 rings (SSSR count). The number of aliphatic carboxylic acids is 1. The van der Waals surface area contributed by atoms with Crippen LogP contribution in [0.4, 0.5) is 5.82 Å². The van der Waals surface area contributed by atoms with Crippen molar-refractivity contribution in [2.24, 2.45) is 27.9 Å². The van der Waals surface area contributed by atoms with Crippen LogP contribution in [0.25, 0.3) is 10.8 Å². The molecule has 1 atom stereocenters. The monoisotopic (exact) mass is 428 g/mol. The zero-order chi connectivity index (χ0) is 21.1. The summed E-state index contributed by atoms with van der Waals surface area (Å²) in [6.07, 6.45) is 1.69. The highest BCUT2D eigenvalue weighted by atomic mass is 35.5. The van der Waals surface area contributed by atoms with Crippen LogP contribution >= 0.6 is 11.6 Å². The standard InChI is InChI=1S/C16H21ClN6O4S/c17-12-8-22-13(23-15(19)20)11-7-9(3-4-10(11)12)28(26,27)16(21,14(24)25)5-1-2-6-18/h3-4,7-8H,1-2,5-6,18,21H2,(H,24,25)(H4,19,20,22,23)/t16-/m0/s1. The molecular formula is C16H21ClN6O4S. The molecule has 0 saturated carbocycles. The van der Waals surface area contributed by atoms with Gasteiger partial charge in [-0.3, -0.25) is 0 Å². The number of carbonyl (C=O) groups is 1. The molecule has 1 heterocycles. The molecule has 0 aliphatic carbocycles. The van der Waals surface area contributed by atoms with Gasteiger partial charge in [0.1, 0.15) is 0 Å². The van der Waals surface area contributed by atoms with E-state index in [0.717, 1.165) is 0 Å². The predicted molar refractivity (Wildman–Crippen MR) is 107 cm³/mol. The topological polar surface area (TPSA) is 201 Å². The molecule has 28 heavy (non-hydrogen) atoms.